The van der Waals surface area contributed by atoms with Crippen molar-refractivity contribution in [3.8, 4) is 0 Å². The van der Waals surface area contributed by atoms with Crippen molar-refractivity contribution in [3.63, 3.8) is 0 Å². The van der Waals surface area contributed by atoms with E-state index >= 15 is 0 Å². The molecule has 3 heterocycles. The average molecular weight is 366 g/mol. The third-order valence-electron chi connectivity index (χ3n) is 3.34. The van der Waals surface area contributed by atoms with Crippen LogP contribution in [-0.2, 0) is 14.3 Å². The van der Waals surface area contributed by atoms with Gasteiger partial charge in [0.1, 0.15) is 5.37 Å². The Hall–Kier alpha value is -2.20. The second-order valence-corrected chi connectivity index (χ2v) is 7.13. The minimum Gasteiger partial charge on any atom is -0.453 e. The first-order valence-electron chi connectivity index (χ1n) is 6.97. The molecule has 126 valence electrons. The molecular weight excluding hydrogens is 352 g/mol. The summed E-state index contributed by atoms with van der Waals surface area (Å²) in [4.78, 5) is 40.6. The van der Waals surface area contributed by atoms with Crippen molar-refractivity contribution in [2.45, 2.75) is 15.6 Å². The lowest BCUT2D eigenvalue weighted by Crippen LogP contribution is -2.44. The maximum absolute atomic E-state index is 12.4. The zero-order valence-electron chi connectivity index (χ0n) is 12.6. The molecule has 0 saturated carbocycles. The lowest BCUT2D eigenvalue weighted by molar-refractivity contribution is -0.120. The van der Waals surface area contributed by atoms with Crippen molar-refractivity contribution in [1.29, 1.82) is 0 Å². The van der Waals surface area contributed by atoms with E-state index in [1.807, 2.05) is 6.07 Å². The molecule has 0 bridgehead atoms. The highest BCUT2D eigenvalue weighted by atomic mass is 32.2. The van der Waals surface area contributed by atoms with Crippen molar-refractivity contribution in [2.24, 2.45) is 0 Å². The van der Waals surface area contributed by atoms with E-state index < -0.39 is 22.7 Å². The van der Waals surface area contributed by atoms with Crippen LogP contribution >= 0.6 is 23.5 Å². The summed E-state index contributed by atoms with van der Waals surface area (Å²) < 4.78 is 4.40. The van der Waals surface area contributed by atoms with Crippen LogP contribution in [0, 0.1) is 0 Å². The first kappa shape index (κ1) is 16.7. The number of hydrogen-bond donors (Lipinski definition) is 3. The molecule has 3 N–H and O–H groups in total. The van der Waals surface area contributed by atoms with E-state index in [1.165, 1.54) is 30.6 Å². The number of nitrogens with zero attached hydrogens (tertiary/aromatic N) is 1. The van der Waals surface area contributed by atoms with Crippen molar-refractivity contribution in [3.05, 3.63) is 30.1 Å². The Morgan fingerprint density at radius 2 is 2.25 bits per heavy atom. The molecule has 2 aliphatic rings. The number of nitrogens with one attached hydrogen (secondary N) is 3. The van der Waals surface area contributed by atoms with Gasteiger partial charge in [0, 0.05) is 22.4 Å². The van der Waals surface area contributed by atoms with Gasteiger partial charge in [0.05, 0.1) is 19.0 Å². The van der Waals surface area contributed by atoms with Crippen molar-refractivity contribution < 1.29 is 19.1 Å². The molecule has 0 spiro atoms. The highest BCUT2D eigenvalue weighted by Gasteiger charge is 2.33. The Kier molecular flexibility index (Phi) is 4.95. The van der Waals surface area contributed by atoms with Crippen LogP contribution in [0.1, 0.15) is 0 Å². The monoisotopic (exact) mass is 366 g/mol. The van der Waals surface area contributed by atoms with Crippen LogP contribution in [0.15, 0.2) is 35.0 Å². The average Bonchev–Trinajstić information content (AvgIpc) is 3.20. The summed E-state index contributed by atoms with van der Waals surface area (Å²) in [5.41, 5.74) is 1.14. The molecule has 2 unspecified atom stereocenters. The zero-order chi connectivity index (χ0) is 17.1. The molecule has 10 heteroatoms. The number of amides is 3. The molecule has 3 amide bonds. The quantitative estimate of drug-likeness (QED) is 0.725. The van der Waals surface area contributed by atoms with Crippen LogP contribution in [0.4, 0.5) is 10.5 Å². The van der Waals surface area contributed by atoms with Gasteiger partial charge in [0.25, 0.3) is 11.8 Å². The van der Waals surface area contributed by atoms with Crippen LogP contribution < -0.4 is 16.0 Å². The summed E-state index contributed by atoms with van der Waals surface area (Å²) in [6.07, 6.45) is 4.17. The van der Waals surface area contributed by atoms with E-state index in [0.717, 1.165) is 10.6 Å². The lowest BCUT2D eigenvalue weighted by Gasteiger charge is -2.18. The van der Waals surface area contributed by atoms with Gasteiger partial charge in [-0.25, -0.2) is 4.79 Å². The number of hydrogen-bond acceptors (Lipinski definition) is 8. The van der Waals surface area contributed by atoms with Crippen LogP contribution in [0.25, 0.3) is 0 Å². The molecular formula is C14H14N4O4S2. The molecule has 0 aliphatic carbocycles. The Labute approximate surface area is 146 Å². The summed E-state index contributed by atoms with van der Waals surface area (Å²) in [5.74, 6) is -0.242. The van der Waals surface area contributed by atoms with Crippen molar-refractivity contribution >= 4 is 47.1 Å². The molecule has 3 rings (SSSR count). The molecule has 0 aromatic carbocycles. The standard InChI is InChI=1S/C14H14N4O4S2/c1-22-14(21)18-10(19)7-3-5-23-12(7)17-11(20)13-16-8-6-15-4-2-9(8)24-13/h2-4,6,12-13,16H,5H2,1H3,(H,17,20)(H,18,19,21). The number of alkyl carbamates (subject to hydrolysis) is 1. The van der Waals surface area contributed by atoms with E-state index in [2.05, 4.69) is 25.7 Å². The fourth-order valence-corrected chi connectivity index (χ4v) is 4.24. The Morgan fingerprint density at radius 1 is 1.42 bits per heavy atom. The van der Waals surface area contributed by atoms with Gasteiger partial charge in [-0.1, -0.05) is 17.8 Å². The predicted octanol–water partition coefficient (Wildman–Crippen LogP) is 0.923. The third-order valence-corrected chi connectivity index (χ3v) is 5.58. The number of thioether (sulfide) groups is 2. The number of anilines is 1. The van der Waals surface area contributed by atoms with Crippen LogP contribution in [0.2, 0.25) is 0 Å². The fraction of sp³-hybridized carbons (Fsp3) is 0.286. The Morgan fingerprint density at radius 3 is 3.00 bits per heavy atom. The van der Waals surface area contributed by atoms with Gasteiger partial charge in [-0.15, -0.1) is 11.8 Å². The topological polar surface area (TPSA) is 109 Å². The van der Waals surface area contributed by atoms with Crippen LogP contribution in [0.5, 0.6) is 0 Å². The van der Waals surface area contributed by atoms with Gasteiger partial charge in [-0.3, -0.25) is 19.9 Å². The van der Waals surface area contributed by atoms with Gasteiger partial charge in [-0.2, -0.15) is 0 Å². The molecule has 0 radical (unpaired) electrons. The second kappa shape index (κ2) is 7.14. The number of imide groups is 1. The van der Waals surface area contributed by atoms with Gasteiger partial charge in [-0.05, 0) is 6.07 Å². The minimum absolute atomic E-state index is 0.243. The van der Waals surface area contributed by atoms with E-state index in [0.29, 0.717) is 11.3 Å². The number of fused-ring (bicyclic) bond motifs is 1. The van der Waals surface area contributed by atoms with Gasteiger partial charge in [0.15, 0.2) is 5.37 Å². The molecule has 1 aromatic rings. The van der Waals surface area contributed by atoms with E-state index in [-0.39, 0.29) is 5.91 Å². The highest BCUT2D eigenvalue weighted by Crippen LogP contribution is 2.37. The first-order chi connectivity index (χ1) is 11.6. The summed E-state index contributed by atoms with van der Waals surface area (Å²) >= 11 is 2.78. The first-order valence-corrected chi connectivity index (χ1v) is 8.90. The predicted molar refractivity (Wildman–Crippen MR) is 90.5 cm³/mol. The number of pyridine rings is 1. The summed E-state index contributed by atoms with van der Waals surface area (Å²) in [6.45, 7) is 0. The Bertz CT molecular complexity index is 699. The zero-order valence-corrected chi connectivity index (χ0v) is 14.2. The number of carbonyl (C=O) groups excluding carboxylic acids is 3. The summed E-state index contributed by atoms with van der Waals surface area (Å²) in [7, 11) is 1.18. The number of methoxy groups -OCH3 is 1. The van der Waals surface area contributed by atoms with Crippen LogP contribution in [-0.4, -0.2) is 46.5 Å². The van der Waals surface area contributed by atoms with Gasteiger partial charge in [0.2, 0.25) is 0 Å². The molecule has 2 aliphatic heterocycles. The normalized spacial score (nSPS) is 21.3. The smallest absolute Gasteiger partial charge is 0.413 e. The number of carbonyl (C=O) groups is 3. The van der Waals surface area contributed by atoms with Gasteiger partial charge >= 0.3 is 6.09 Å². The molecule has 0 saturated heterocycles. The van der Waals surface area contributed by atoms with Crippen molar-refractivity contribution in [2.75, 3.05) is 18.2 Å². The van der Waals surface area contributed by atoms with Gasteiger partial charge < -0.3 is 15.4 Å². The molecule has 24 heavy (non-hydrogen) atoms. The van der Waals surface area contributed by atoms with Crippen molar-refractivity contribution in [1.82, 2.24) is 15.6 Å². The molecule has 0 fully saturated rings. The lowest BCUT2D eigenvalue weighted by atomic mass is 10.2. The minimum atomic E-state index is -0.834. The summed E-state index contributed by atoms with van der Waals surface area (Å²) in [6, 6.07) is 1.83. The number of rotatable bonds is 3. The SMILES string of the molecule is COC(=O)NC(=O)C1=CCSC1NC(=O)C1Nc2cnccc2S1. The maximum atomic E-state index is 12.4. The summed E-state index contributed by atoms with van der Waals surface area (Å²) in [5, 5.41) is 6.99. The maximum Gasteiger partial charge on any atom is 0.413 e. The molecule has 8 nitrogen and oxygen atoms in total. The van der Waals surface area contributed by atoms with E-state index in [4.69, 9.17) is 0 Å². The second-order valence-electron chi connectivity index (χ2n) is 4.84. The van der Waals surface area contributed by atoms with Crippen LogP contribution in [0.3, 0.4) is 0 Å². The number of ether oxygens (including phenoxy) is 1. The van der Waals surface area contributed by atoms with E-state index in [9.17, 15) is 14.4 Å². The molecule has 2 atom stereocenters. The number of aromatic nitrogens is 1. The molecule has 1 aromatic heterocycles. The largest absolute Gasteiger partial charge is 0.453 e. The fourth-order valence-electron chi connectivity index (χ4n) is 2.19. The third kappa shape index (κ3) is 3.49. The Balaban J connectivity index is 1.60. The highest BCUT2D eigenvalue weighted by molar-refractivity contribution is 8.01. The van der Waals surface area contributed by atoms with E-state index in [1.54, 1.807) is 18.5 Å².